The molecular weight excluding hydrogens is 358 g/mol. The average Bonchev–Trinajstić information content (AvgIpc) is 2.84. The molecular formula is C14H15Br2NO. The molecule has 1 N–H and O–H groups in total. The Hall–Kier alpha value is -0.740. The van der Waals surface area contributed by atoms with Gasteiger partial charge in [0.05, 0.1) is 6.26 Å². The summed E-state index contributed by atoms with van der Waals surface area (Å²) in [5.41, 5.74) is 1.11. The van der Waals surface area contributed by atoms with Crippen LogP contribution in [-0.2, 0) is 6.42 Å². The fourth-order valence-electron chi connectivity index (χ4n) is 1.76. The topological polar surface area (TPSA) is 25.2 Å². The molecule has 1 atom stereocenters. The third-order valence-corrected chi connectivity index (χ3v) is 3.92. The monoisotopic (exact) mass is 371 g/mol. The largest absolute Gasteiger partial charge is 0.469 e. The van der Waals surface area contributed by atoms with Crippen molar-refractivity contribution in [3.63, 3.8) is 0 Å². The number of halogens is 2. The van der Waals surface area contributed by atoms with E-state index in [-0.39, 0.29) is 0 Å². The molecule has 96 valence electrons. The second kappa shape index (κ2) is 6.43. The minimum Gasteiger partial charge on any atom is -0.469 e. The maximum atomic E-state index is 5.33. The molecule has 0 saturated heterocycles. The summed E-state index contributed by atoms with van der Waals surface area (Å²) >= 11 is 7.03. The van der Waals surface area contributed by atoms with E-state index in [1.165, 1.54) is 0 Å². The van der Waals surface area contributed by atoms with Crippen molar-refractivity contribution < 1.29 is 4.42 Å². The van der Waals surface area contributed by atoms with E-state index in [1.54, 1.807) is 6.26 Å². The maximum Gasteiger partial charge on any atom is 0.103 e. The van der Waals surface area contributed by atoms with Gasteiger partial charge in [-0.05, 0) is 59.6 Å². The predicted molar refractivity (Wildman–Crippen MR) is 82.0 cm³/mol. The number of furan rings is 1. The van der Waals surface area contributed by atoms with Crippen molar-refractivity contribution in [3.05, 3.63) is 51.3 Å². The fourth-order valence-corrected chi connectivity index (χ4v) is 2.48. The summed E-state index contributed by atoms with van der Waals surface area (Å²) in [6.07, 6.45) is 3.71. The maximum absolute atomic E-state index is 5.33. The zero-order chi connectivity index (χ0) is 13.0. The minimum atomic E-state index is 0.390. The highest BCUT2D eigenvalue weighted by Crippen LogP contribution is 2.27. The molecule has 0 amide bonds. The number of hydrogen-bond acceptors (Lipinski definition) is 2. The van der Waals surface area contributed by atoms with Crippen LogP contribution in [0.5, 0.6) is 0 Å². The van der Waals surface area contributed by atoms with Crippen molar-refractivity contribution >= 4 is 37.5 Å². The lowest BCUT2D eigenvalue weighted by atomic mass is 10.1. The highest BCUT2D eigenvalue weighted by atomic mass is 79.9. The second-order valence-corrected chi connectivity index (χ2v) is 6.06. The lowest BCUT2D eigenvalue weighted by Gasteiger charge is -2.16. The molecule has 1 heterocycles. The lowest BCUT2D eigenvalue weighted by molar-refractivity contribution is 0.495. The zero-order valence-electron chi connectivity index (χ0n) is 10.1. The number of rotatable bonds is 5. The molecule has 1 aromatic carbocycles. The highest BCUT2D eigenvalue weighted by molar-refractivity contribution is 9.11. The van der Waals surface area contributed by atoms with Gasteiger partial charge in [0.15, 0.2) is 0 Å². The van der Waals surface area contributed by atoms with Crippen LogP contribution in [0.25, 0.3) is 0 Å². The van der Waals surface area contributed by atoms with E-state index in [9.17, 15) is 0 Å². The Labute approximate surface area is 124 Å². The van der Waals surface area contributed by atoms with Crippen LogP contribution in [-0.4, -0.2) is 6.04 Å². The van der Waals surface area contributed by atoms with Crippen molar-refractivity contribution in [2.45, 2.75) is 25.8 Å². The van der Waals surface area contributed by atoms with Crippen LogP contribution in [0.3, 0.4) is 0 Å². The van der Waals surface area contributed by atoms with Crippen LogP contribution in [0.4, 0.5) is 5.69 Å². The van der Waals surface area contributed by atoms with E-state index in [0.717, 1.165) is 33.2 Å². The second-order valence-electron chi connectivity index (χ2n) is 4.29. The lowest BCUT2D eigenvalue weighted by Crippen LogP contribution is -2.16. The van der Waals surface area contributed by atoms with Crippen LogP contribution in [0.2, 0.25) is 0 Å². The van der Waals surface area contributed by atoms with Gasteiger partial charge in [0.1, 0.15) is 5.76 Å². The normalized spacial score (nSPS) is 12.4. The first-order valence-electron chi connectivity index (χ1n) is 5.89. The van der Waals surface area contributed by atoms with Gasteiger partial charge in [0, 0.05) is 27.1 Å². The van der Waals surface area contributed by atoms with Gasteiger partial charge in [-0.2, -0.15) is 0 Å². The quantitative estimate of drug-likeness (QED) is 0.776. The average molecular weight is 373 g/mol. The number of benzene rings is 1. The first-order chi connectivity index (χ1) is 8.65. The van der Waals surface area contributed by atoms with E-state index in [4.69, 9.17) is 4.42 Å². The predicted octanol–water partition coefficient (Wildman–Crippen LogP) is 5.24. The molecule has 1 unspecified atom stereocenters. The molecule has 0 aliphatic carbocycles. The standard InChI is InChI=1S/C14H15Br2NO/c1-10(4-6-12-3-2-8-18-12)17-14-9-11(15)5-7-13(14)16/h2-3,5,7-10,17H,4,6H2,1H3. The SMILES string of the molecule is CC(CCc1ccco1)Nc1cc(Br)ccc1Br. The molecule has 0 saturated carbocycles. The molecule has 4 heteroatoms. The summed E-state index contributed by atoms with van der Waals surface area (Å²) in [7, 11) is 0. The Morgan fingerprint density at radius 1 is 1.28 bits per heavy atom. The van der Waals surface area contributed by atoms with Gasteiger partial charge >= 0.3 is 0 Å². The molecule has 18 heavy (non-hydrogen) atoms. The van der Waals surface area contributed by atoms with Gasteiger partial charge in [-0.15, -0.1) is 0 Å². The smallest absolute Gasteiger partial charge is 0.103 e. The summed E-state index contributed by atoms with van der Waals surface area (Å²) < 4.78 is 7.49. The first kappa shape index (κ1) is 13.7. The van der Waals surface area contributed by atoms with Crippen LogP contribution in [0.15, 0.2) is 50.0 Å². The highest BCUT2D eigenvalue weighted by Gasteiger charge is 2.07. The van der Waals surface area contributed by atoms with Gasteiger partial charge in [0.2, 0.25) is 0 Å². The Bertz CT molecular complexity index is 497. The number of nitrogens with one attached hydrogen (secondary N) is 1. The van der Waals surface area contributed by atoms with Gasteiger partial charge in [-0.3, -0.25) is 0 Å². The van der Waals surface area contributed by atoms with Crippen molar-refractivity contribution in [1.82, 2.24) is 0 Å². The van der Waals surface area contributed by atoms with Gasteiger partial charge in [0.25, 0.3) is 0 Å². The Balaban J connectivity index is 1.90. The summed E-state index contributed by atoms with van der Waals surface area (Å²) in [6.45, 7) is 2.18. The van der Waals surface area contributed by atoms with Crippen molar-refractivity contribution in [1.29, 1.82) is 0 Å². The van der Waals surface area contributed by atoms with Crippen LogP contribution < -0.4 is 5.32 Å². The van der Waals surface area contributed by atoms with E-state index >= 15 is 0 Å². The molecule has 0 aliphatic heterocycles. The molecule has 0 spiro atoms. The molecule has 0 aliphatic rings. The van der Waals surface area contributed by atoms with E-state index < -0.39 is 0 Å². The fraction of sp³-hybridized carbons (Fsp3) is 0.286. The molecule has 1 aromatic heterocycles. The summed E-state index contributed by atoms with van der Waals surface area (Å²) in [5.74, 6) is 1.04. The summed E-state index contributed by atoms with van der Waals surface area (Å²) in [4.78, 5) is 0. The van der Waals surface area contributed by atoms with E-state index in [1.807, 2.05) is 24.3 Å². The summed E-state index contributed by atoms with van der Waals surface area (Å²) in [5, 5.41) is 3.49. The van der Waals surface area contributed by atoms with E-state index in [0.29, 0.717) is 6.04 Å². The number of anilines is 1. The van der Waals surface area contributed by atoms with Crippen LogP contribution >= 0.6 is 31.9 Å². The Morgan fingerprint density at radius 2 is 2.11 bits per heavy atom. The van der Waals surface area contributed by atoms with Gasteiger partial charge < -0.3 is 9.73 Å². The zero-order valence-corrected chi connectivity index (χ0v) is 13.3. The molecule has 0 bridgehead atoms. The molecule has 0 fully saturated rings. The third kappa shape index (κ3) is 3.89. The Kier molecular flexibility index (Phi) is 4.89. The van der Waals surface area contributed by atoms with Crippen molar-refractivity contribution in [2.75, 3.05) is 5.32 Å². The Morgan fingerprint density at radius 3 is 2.83 bits per heavy atom. The first-order valence-corrected chi connectivity index (χ1v) is 7.47. The number of hydrogen-bond donors (Lipinski definition) is 1. The summed E-state index contributed by atoms with van der Waals surface area (Å²) in [6, 6.07) is 10.5. The molecule has 0 radical (unpaired) electrons. The third-order valence-electron chi connectivity index (χ3n) is 2.73. The molecule has 2 aromatic rings. The van der Waals surface area contributed by atoms with E-state index in [2.05, 4.69) is 50.2 Å². The van der Waals surface area contributed by atoms with Gasteiger partial charge in [-0.1, -0.05) is 15.9 Å². The van der Waals surface area contributed by atoms with Crippen molar-refractivity contribution in [3.8, 4) is 0 Å². The van der Waals surface area contributed by atoms with Crippen LogP contribution in [0, 0.1) is 0 Å². The van der Waals surface area contributed by atoms with Crippen molar-refractivity contribution in [2.24, 2.45) is 0 Å². The van der Waals surface area contributed by atoms with Gasteiger partial charge in [-0.25, -0.2) is 0 Å². The van der Waals surface area contributed by atoms with Crippen LogP contribution in [0.1, 0.15) is 19.1 Å². The molecule has 2 rings (SSSR count). The number of aryl methyl sites for hydroxylation is 1. The minimum absolute atomic E-state index is 0.390. The molecule has 2 nitrogen and oxygen atoms in total.